The average molecular weight is 441 g/mol. The first-order valence-corrected chi connectivity index (χ1v) is 13.4. The summed E-state index contributed by atoms with van der Waals surface area (Å²) in [6, 6.07) is 0. The maximum Gasteiger partial charge on any atom is 0.317 e. The molecule has 0 N–H and O–H groups in total. The van der Waals surface area contributed by atoms with Gasteiger partial charge in [-0.05, 0) is 12.3 Å². The normalized spacial score (nSPS) is 11.1. The molecule has 0 fully saturated rings. The average Bonchev–Trinajstić information content (AvgIpc) is 2.74. The molecule has 0 amide bonds. The molecule has 184 valence electrons. The summed E-state index contributed by atoms with van der Waals surface area (Å²) in [5.74, 6) is -0.683. The molecule has 0 aliphatic rings. The zero-order valence-corrected chi connectivity index (χ0v) is 21.1. The minimum atomic E-state index is -0.489. The molecule has 0 heterocycles. The molecule has 0 radical (unpaired) electrons. The van der Waals surface area contributed by atoms with Crippen molar-refractivity contribution in [1.29, 1.82) is 0 Å². The first kappa shape index (κ1) is 29.9. The number of hydrogen-bond acceptors (Lipinski definition) is 4. The summed E-state index contributed by atoms with van der Waals surface area (Å²) in [5.41, 5.74) is 0. The molecule has 0 aromatic heterocycles. The van der Waals surface area contributed by atoms with E-state index in [2.05, 4.69) is 6.92 Å². The van der Waals surface area contributed by atoms with E-state index in [0.29, 0.717) is 13.2 Å². The first-order valence-electron chi connectivity index (χ1n) is 13.4. The Balaban J connectivity index is 3.20. The second kappa shape index (κ2) is 23.6. The highest BCUT2D eigenvalue weighted by atomic mass is 16.6. The molecule has 0 spiro atoms. The van der Waals surface area contributed by atoms with Gasteiger partial charge in [0.25, 0.3) is 0 Å². The molecule has 0 aromatic carbocycles. The number of rotatable bonds is 23. The third-order valence-electron chi connectivity index (χ3n) is 5.63. The van der Waals surface area contributed by atoms with Gasteiger partial charge in [0.2, 0.25) is 0 Å². The predicted octanol–water partition coefficient (Wildman–Crippen LogP) is 8.16. The van der Waals surface area contributed by atoms with Crippen LogP contribution in [0.1, 0.15) is 143 Å². The molecule has 0 saturated carbocycles. The van der Waals surface area contributed by atoms with Crippen molar-refractivity contribution in [2.45, 2.75) is 143 Å². The lowest BCUT2D eigenvalue weighted by Gasteiger charge is -2.07. The smallest absolute Gasteiger partial charge is 0.317 e. The Kier molecular flexibility index (Phi) is 22.8. The summed E-state index contributed by atoms with van der Waals surface area (Å²) in [6.07, 6.45) is 23.8. The van der Waals surface area contributed by atoms with Crippen molar-refractivity contribution >= 4 is 11.9 Å². The molecule has 0 unspecified atom stereocenters. The van der Waals surface area contributed by atoms with Gasteiger partial charge in [0, 0.05) is 0 Å². The first-order chi connectivity index (χ1) is 15.1. The fourth-order valence-electron chi connectivity index (χ4n) is 3.67. The Morgan fingerprint density at radius 2 is 0.903 bits per heavy atom. The fraction of sp³-hybridized carbons (Fsp3) is 0.926. The number of hydrogen-bond donors (Lipinski definition) is 0. The Bertz CT molecular complexity index is 406. The SMILES string of the molecule is CCCCCCCCCCCCCCCCCCCCOC(=O)CC(=O)OCC(C)C. The number of unbranched alkanes of at least 4 members (excludes halogenated alkanes) is 17. The molecule has 0 atom stereocenters. The maximum absolute atomic E-state index is 11.6. The van der Waals surface area contributed by atoms with Crippen LogP contribution >= 0.6 is 0 Å². The predicted molar refractivity (Wildman–Crippen MR) is 130 cm³/mol. The van der Waals surface area contributed by atoms with Crippen LogP contribution in [0.5, 0.6) is 0 Å². The van der Waals surface area contributed by atoms with Crippen LogP contribution in [-0.4, -0.2) is 25.2 Å². The zero-order chi connectivity index (χ0) is 23.0. The standard InChI is InChI=1S/C27H52O4/c1-4-5-6-7-8-9-10-11-12-13-14-15-16-17-18-19-20-21-22-30-26(28)23-27(29)31-24-25(2)3/h25H,4-24H2,1-3H3. The zero-order valence-electron chi connectivity index (χ0n) is 21.1. The van der Waals surface area contributed by atoms with Crippen LogP contribution in [0.15, 0.2) is 0 Å². The summed E-state index contributed by atoms with van der Waals surface area (Å²) in [4.78, 5) is 23.0. The van der Waals surface area contributed by atoms with Gasteiger partial charge in [-0.3, -0.25) is 9.59 Å². The van der Waals surface area contributed by atoms with Crippen molar-refractivity contribution in [2.24, 2.45) is 5.92 Å². The van der Waals surface area contributed by atoms with Gasteiger partial charge in [-0.15, -0.1) is 0 Å². The summed E-state index contributed by atoms with van der Waals surface area (Å²) in [7, 11) is 0. The van der Waals surface area contributed by atoms with Gasteiger partial charge < -0.3 is 9.47 Å². The Hall–Kier alpha value is -1.06. The Labute approximate surface area is 193 Å². The van der Waals surface area contributed by atoms with Crippen LogP contribution in [0, 0.1) is 5.92 Å². The summed E-state index contributed by atoms with van der Waals surface area (Å²) in [6.45, 7) is 6.97. The van der Waals surface area contributed by atoms with E-state index in [1.54, 1.807) is 0 Å². The van der Waals surface area contributed by atoms with Crippen LogP contribution in [-0.2, 0) is 19.1 Å². The molecular formula is C27H52O4. The van der Waals surface area contributed by atoms with E-state index in [-0.39, 0.29) is 12.3 Å². The van der Waals surface area contributed by atoms with Crippen LogP contribution in [0.2, 0.25) is 0 Å². The topological polar surface area (TPSA) is 52.6 Å². The third-order valence-corrected chi connectivity index (χ3v) is 5.63. The molecular weight excluding hydrogens is 388 g/mol. The van der Waals surface area contributed by atoms with Crippen molar-refractivity contribution < 1.29 is 19.1 Å². The Morgan fingerprint density at radius 3 is 1.29 bits per heavy atom. The van der Waals surface area contributed by atoms with Crippen LogP contribution in [0.3, 0.4) is 0 Å². The van der Waals surface area contributed by atoms with Crippen molar-refractivity contribution in [3.63, 3.8) is 0 Å². The highest BCUT2D eigenvalue weighted by Crippen LogP contribution is 2.14. The summed E-state index contributed by atoms with van der Waals surface area (Å²) >= 11 is 0. The van der Waals surface area contributed by atoms with Crippen molar-refractivity contribution in [2.75, 3.05) is 13.2 Å². The third kappa shape index (κ3) is 25.1. The minimum absolute atomic E-state index is 0.272. The van der Waals surface area contributed by atoms with E-state index < -0.39 is 11.9 Å². The molecule has 0 aliphatic heterocycles. The van der Waals surface area contributed by atoms with E-state index in [4.69, 9.17) is 9.47 Å². The molecule has 0 aromatic rings. The summed E-state index contributed by atoms with van der Waals surface area (Å²) < 4.78 is 10.1. The van der Waals surface area contributed by atoms with E-state index >= 15 is 0 Å². The highest BCUT2D eigenvalue weighted by molar-refractivity contribution is 5.91. The molecule has 4 heteroatoms. The largest absolute Gasteiger partial charge is 0.465 e. The quantitative estimate of drug-likeness (QED) is 0.0913. The fourth-order valence-corrected chi connectivity index (χ4v) is 3.67. The molecule has 0 bridgehead atoms. The van der Waals surface area contributed by atoms with E-state index in [0.717, 1.165) is 12.8 Å². The number of carbonyl (C=O) groups excluding carboxylic acids is 2. The van der Waals surface area contributed by atoms with Gasteiger partial charge in [-0.2, -0.15) is 0 Å². The van der Waals surface area contributed by atoms with Gasteiger partial charge in [0.1, 0.15) is 6.42 Å². The van der Waals surface area contributed by atoms with Gasteiger partial charge in [0.05, 0.1) is 13.2 Å². The van der Waals surface area contributed by atoms with Crippen LogP contribution < -0.4 is 0 Å². The van der Waals surface area contributed by atoms with Crippen molar-refractivity contribution in [3.05, 3.63) is 0 Å². The highest BCUT2D eigenvalue weighted by Gasteiger charge is 2.12. The maximum atomic E-state index is 11.6. The van der Waals surface area contributed by atoms with Gasteiger partial charge in [-0.25, -0.2) is 0 Å². The van der Waals surface area contributed by atoms with E-state index in [1.165, 1.54) is 103 Å². The second-order valence-electron chi connectivity index (χ2n) is 9.48. The van der Waals surface area contributed by atoms with Crippen LogP contribution in [0.4, 0.5) is 0 Å². The lowest BCUT2D eigenvalue weighted by atomic mass is 10.0. The lowest BCUT2D eigenvalue weighted by Crippen LogP contribution is -2.16. The lowest BCUT2D eigenvalue weighted by molar-refractivity contribution is -0.155. The molecule has 31 heavy (non-hydrogen) atoms. The minimum Gasteiger partial charge on any atom is -0.465 e. The van der Waals surface area contributed by atoms with E-state index in [1.807, 2.05) is 13.8 Å². The molecule has 0 saturated heterocycles. The second-order valence-corrected chi connectivity index (χ2v) is 9.48. The van der Waals surface area contributed by atoms with Crippen molar-refractivity contribution in [1.82, 2.24) is 0 Å². The van der Waals surface area contributed by atoms with Crippen molar-refractivity contribution in [3.8, 4) is 0 Å². The number of ether oxygens (including phenoxy) is 2. The van der Waals surface area contributed by atoms with E-state index in [9.17, 15) is 9.59 Å². The summed E-state index contributed by atoms with van der Waals surface area (Å²) in [5, 5.41) is 0. The molecule has 4 nitrogen and oxygen atoms in total. The monoisotopic (exact) mass is 440 g/mol. The Morgan fingerprint density at radius 1 is 0.548 bits per heavy atom. The van der Waals surface area contributed by atoms with Crippen LogP contribution in [0.25, 0.3) is 0 Å². The molecule has 0 rings (SSSR count). The molecule has 0 aliphatic carbocycles. The van der Waals surface area contributed by atoms with Gasteiger partial charge in [0.15, 0.2) is 0 Å². The van der Waals surface area contributed by atoms with Gasteiger partial charge >= 0.3 is 11.9 Å². The number of esters is 2. The van der Waals surface area contributed by atoms with Gasteiger partial charge in [-0.1, -0.05) is 130 Å². The number of carbonyl (C=O) groups is 2.